The molecule has 1 amide bonds. The third kappa shape index (κ3) is 3.41. The van der Waals surface area contributed by atoms with Gasteiger partial charge in [0.1, 0.15) is 0 Å². The first-order valence-electron chi connectivity index (χ1n) is 6.62. The monoisotopic (exact) mass is 241 g/mol. The normalized spacial score (nSPS) is 24.1. The number of amides is 1. The Morgan fingerprint density at radius 2 is 1.94 bits per heavy atom. The Balaban J connectivity index is 1.63. The van der Waals surface area contributed by atoms with Gasteiger partial charge in [-0.05, 0) is 42.8 Å². The van der Waals surface area contributed by atoms with Crippen molar-refractivity contribution >= 4 is 18.5 Å². The van der Waals surface area contributed by atoms with Crippen LogP contribution >= 0.6 is 12.6 Å². The molecule has 0 aromatic carbocycles. The van der Waals surface area contributed by atoms with Crippen LogP contribution in [0.15, 0.2) is 0 Å². The highest BCUT2D eigenvalue weighted by Gasteiger charge is 2.42. The summed E-state index contributed by atoms with van der Waals surface area (Å²) in [5, 5.41) is 3.11. The summed E-state index contributed by atoms with van der Waals surface area (Å²) < 4.78 is 0. The first-order valence-corrected chi connectivity index (χ1v) is 7.25. The van der Waals surface area contributed by atoms with E-state index in [4.69, 9.17) is 0 Å². The summed E-state index contributed by atoms with van der Waals surface area (Å²) in [5.74, 6) is 1.85. The van der Waals surface area contributed by atoms with Crippen molar-refractivity contribution in [3.63, 3.8) is 0 Å². The predicted molar refractivity (Wildman–Crippen MR) is 69.7 cm³/mol. The smallest absolute Gasteiger partial charge is 0.220 e. The van der Waals surface area contributed by atoms with E-state index in [2.05, 4.69) is 17.9 Å². The van der Waals surface area contributed by atoms with Gasteiger partial charge in [-0.3, -0.25) is 4.79 Å². The standard InChI is InChI=1S/C13H23NOS/c15-12(8-13(10-16)6-7-13)14-9-11-4-2-1-3-5-11/h11,16H,1-10H2,(H,14,15). The van der Waals surface area contributed by atoms with Gasteiger partial charge < -0.3 is 5.32 Å². The zero-order valence-electron chi connectivity index (χ0n) is 10.0. The van der Waals surface area contributed by atoms with Gasteiger partial charge in [-0.2, -0.15) is 12.6 Å². The highest BCUT2D eigenvalue weighted by atomic mass is 32.1. The van der Waals surface area contributed by atoms with Crippen LogP contribution in [0.4, 0.5) is 0 Å². The molecule has 0 radical (unpaired) electrons. The molecular weight excluding hydrogens is 218 g/mol. The Morgan fingerprint density at radius 1 is 1.25 bits per heavy atom. The van der Waals surface area contributed by atoms with Crippen molar-refractivity contribution in [2.75, 3.05) is 12.3 Å². The van der Waals surface area contributed by atoms with Crippen LogP contribution in [-0.2, 0) is 4.79 Å². The van der Waals surface area contributed by atoms with E-state index in [1.807, 2.05) is 0 Å². The van der Waals surface area contributed by atoms with Crippen LogP contribution in [0.25, 0.3) is 0 Å². The molecule has 92 valence electrons. The molecule has 0 aromatic heterocycles. The van der Waals surface area contributed by atoms with Crippen molar-refractivity contribution in [1.82, 2.24) is 5.32 Å². The highest BCUT2D eigenvalue weighted by molar-refractivity contribution is 7.80. The molecule has 0 atom stereocenters. The number of thiol groups is 1. The van der Waals surface area contributed by atoms with E-state index in [-0.39, 0.29) is 11.3 Å². The lowest BCUT2D eigenvalue weighted by Crippen LogP contribution is -2.32. The average Bonchev–Trinajstić information content (AvgIpc) is 3.08. The maximum Gasteiger partial charge on any atom is 0.220 e. The van der Waals surface area contributed by atoms with Crippen LogP contribution in [-0.4, -0.2) is 18.2 Å². The van der Waals surface area contributed by atoms with E-state index in [1.54, 1.807) is 0 Å². The fourth-order valence-corrected chi connectivity index (χ4v) is 3.05. The zero-order chi connectivity index (χ0) is 11.4. The topological polar surface area (TPSA) is 29.1 Å². The number of nitrogens with one attached hydrogen (secondary N) is 1. The number of carbonyl (C=O) groups excluding carboxylic acids is 1. The SMILES string of the molecule is O=C(CC1(CS)CC1)NCC1CCCCC1. The molecule has 2 fully saturated rings. The van der Waals surface area contributed by atoms with Crippen LogP contribution in [0, 0.1) is 11.3 Å². The minimum Gasteiger partial charge on any atom is -0.356 e. The summed E-state index contributed by atoms with van der Waals surface area (Å²) in [6, 6.07) is 0. The van der Waals surface area contributed by atoms with Crippen molar-refractivity contribution in [2.24, 2.45) is 11.3 Å². The molecule has 2 nitrogen and oxygen atoms in total. The lowest BCUT2D eigenvalue weighted by Gasteiger charge is -2.22. The van der Waals surface area contributed by atoms with Gasteiger partial charge in [-0.1, -0.05) is 19.3 Å². The van der Waals surface area contributed by atoms with Gasteiger partial charge >= 0.3 is 0 Å². The van der Waals surface area contributed by atoms with Gasteiger partial charge in [0.2, 0.25) is 5.91 Å². The second-order valence-corrected chi connectivity index (χ2v) is 5.96. The summed E-state index contributed by atoms with van der Waals surface area (Å²) in [7, 11) is 0. The Morgan fingerprint density at radius 3 is 2.50 bits per heavy atom. The number of hydrogen-bond acceptors (Lipinski definition) is 2. The average molecular weight is 241 g/mol. The molecule has 1 N–H and O–H groups in total. The Kier molecular flexibility index (Phi) is 4.17. The van der Waals surface area contributed by atoms with E-state index in [0.717, 1.165) is 18.2 Å². The molecule has 16 heavy (non-hydrogen) atoms. The summed E-state index contributed by atoms with van der Waals surface area (Å²) in [4.78, 5) is 11.8. The van der Waals surface area contributed by atoms with E-state index in [1.165, 1.54) is 44.9 Å². The lowest BCUT2D eigenvalue weighted by molar-refractivity contribution is -0.122. The van der Waals surface area contributed by atoms with Gasteiger partial charge in [0.25, 0.3) is 0 Å². The molecule has 2 rings (SSSR count). The lowest BCUT2D eigenvalue weighted by atomic mass is 9.89. The van der Waals surface area contributed by atoms with Gasteiger partial charge in [0, 0.05) is 13.0 Å². The van der Waals surface area contributed by atoms with Gasteiger partial charge in [0.05, 0.1) is 0 Å². The molecule has 2 aliphatic carbocycles. The second kappa shape index (κ2) is 5.44. The molecule has 0 aromatic rings. The molecule has 0 spiro atoms. The summed E-state index contributed by atoms with van der Waals surface area (Å²) in [6.45, 7) is 0.904. The molecule has 0 heterocycles. The summed E-state index contributed by atoms with van der Waals surface area (Å²) in [5.41, 5.74) is 0.264. The second-order valence-electron chi connectivity index (χ2n) is 5.64. The third-order valence-electron chi connectivity index (χ3n) is 4.14. The Hall–Kier alpha value is -0.180. The molecule has 3 heteroatoms. The number of rotatable bonds is 5. The number of carbonyl (C=O) groups is 1. The first-order chi connectivity index (χ1) is 7.74. The van der Waals surface area contributed by atoms with Crippen LogP contribution in [0.1, 0.15) is 51.4 Å². The Bertz CT molecular complexity index is 244. The minimum absolute atomic E-state index is 0.247. The zero-order valence-corrected chi connectivity index (χ0v) is 10.9. The van der Waals surface area contributed by atoms with Crippen molar-refractivity contribution in [3.8, 4) is 0 Å². The quantitative estimate of drug-likeness (QED) is 0.712. The molecular formula is C13H23NOS. The van der Waals surface area contributed by atoms with Crippen LogP contribution in [0.2, 0.25) is 0 Å². The van der Waals surface area contributed by atoms with Crippen molar-refractivity contribution in [3.05, 3.63) is 0 Å². The predicted octanol–water partition coefficient (Wildman–Crippen LogP) is 2.78. The fourth-order valence-electron chi connectivity index (χ4n) is 2.62. The number of hydrogen-bond donors (Lipinski definition) is 2. The van der Waals surface area contributed by atoms with Gasteiger partial charge in [-0.15, -0.1) is 0 Å². The molecule has 2 saturated carbocycles. The fraction of sp³-hybridized carbons (Fsp3) is 0.923. The maximum atomic E-state index is 11.8. The van der Waals surface area contributed by atoms with E-state index >= 15 is 0 Å². The van der Waals surface area contributed by atoms with Gasteiger partial charge in [0.15, 0.2) is 0 Å². The minimum atomic E-state index is 0.247. The summed E-state index contributed by atoms with van der Waals surface area (Å²) >= 11 is 4.33. The third-order valence-corrected chi connectivity index (χ3v) is 4.81. The first kappa shape index (κ1) is 12.3. The molecule has 0 unspecified atom stereocenters. The van der Waals surface area contributed by atoms with Crippen LogP contribution < -0.4 is 5.32 Å². The van der Waals surface area contributed by atoms with Gasteiger partial charge in [-0.25, -0.2) is 0 Å². The molecule has 0 saturated heterocycles. The largest absolute Gasteiger partial charge is 0.356 e. The maximum absolute atomic E-state index is 11.8. The van der Waals surface area contributed by atoms with Crippen LogP contribution in [0.3, 0.4) is 0 Å². The highest BCUT2D eigenvalue weighted by Crippen LogP contribution is 2.49. The van der Waals surface area contributed by atoms with Crippen molar-refractivity contribution in [1.29, 1.82) is 0 Å². The van der Waals surface area contributed by atoms with Crippen molar-refractivity contribution in [2.45, 2.75) is 51.4 Å². The van der Waals surface area contributed by atoms with E-state index < -0.39 is 0 Å². The molecule has 0 aliphatic heterocycles. The van der Waals surface area contributed by atoms with E-state index in [0.29, 0.717) is 6.42 Å². The molecule has 0 bridgehead atoms. The molecule has 2 aliphatic rings. The van der Waals surface area contributed by atoms with E-state index in [9.17, 15) is 4.79 Å². The van der Waals surface area contributed by atoms with Crippen molar-refractivity contribution < 1.29 is 4.79 Å². The summed E-state index contributed by atoms with van der Waals surface area (Å²) in [6.07, 6.45) is 9.76. The Labute approximate surface area is 104 Å². The van der Waals surface area contributed by atoms with Crippen LogP contribution in [0.5, 0.6) is 0 Å².